The van der Waals surface area contributed by atoms with Crippen LogP contribution in [0.25, 0.3) is 0 Å². The Morgan fingerprint density at radius 1 is 0.606 bits per heavy atom. The minimum Gasteiger partial charge on any atom is -0.394 e. The quantitative estimate of drug-likeness (QED) is 0.0173. The zero-order valence-electron chi connectivity index (χ0n) is 41.6. The summed E-state index contributed by atoms with van der Waals surface area (Å²) < 4.78 is 47.6. The third kappa shape index (κ3) is 33.9. The lowest BCUT2D eigenvalue weighted by atomic mass is 9.99. The average molecular weight is 962 g/mol. The van der Waals surface area contributed by atoms with Gasteiger partial charge in [0.1, 0.15) is 30.5 Å². The van der Waals surface area contributed by atoms with E-state index in [-0.39, 0.29) is 6.42 Å². The molecule has 0 aromatic heterocycles. The van der Waals surface area contributed by atoms with Crippen LogP contribution in [0.5, 0.6) is 0 Å². The Bertz CT molecular complexity index is 1290. The molecule has 1 aliphatic rings. The lowest BCUT2D eigenvalue weighted by molar-refractivity contribution is -0.298. The molecule has 0 aliphatic carbocycles. The predicted octanol–water partition coefficient (Wildman–Crippen LogP) is 10.6. The summed E-state index contributed by atoms with van der Waals surface area (Å²) in [7, 11) is -5.12. The van der Waals surface area contributed by atoms with E-state index in [4.69, 9.17) is 9.47 Å². The number of carbonyl (C=O) groups excluding carboxylic acids is 1. The fraction of sp³-hybridized carbons (Fsp3) is 0.904. The van der Waals surface area contributed by atoms with Gasteiger partial charge in [-0.3, -0.25) is 9.35 Å². The lowest BCUT2D eigenvalue weighted by Gasteiger charge is -2.41. The Morgan fingerprint density at radius 2 is 1.02 bits per heavy atom. The smallest absolute Gasteiger partial charge is 0.394 e. The highest BCUT2D eigenvalue weighted by molar-refractivity contribution is 7.80. The molecule has 0 bridgehead atoms. The Balaban J connectivity index is 2.46. The molecule has 1 fully saturated rings. The van der Waals surface area contributed by atoms with Gasteiger partial charge in [0.05, 0.1) is 25.4 Å². The third-order valence-electron chi connectivity index (χ3n) is 12.8. The second kappa shape index (κ2) is 42.4. The number of amides is 1. The normalized spacial score (nSPS) is 20.6. The van der Waals surface area contributed by atoms with Gasteiger partial charge in [-0.2, -0.15) is 8.42 Å². The maximum atomic E-state index is 13.2. The predicted molar refractivity (Wildman–Crippen MR) is 265 cm³/mol. The summed E-state index contributed by atoms with van der Waals surface area (Å²) in [4.78, 5) is 13.2. The van der Waals surface area contributed by atoms with Crippen LogP contribution in [-0.4, -0.2) is 107 Å². The van der Waals surface area contributed by atoms with Crippen molar-refractivity contribution in [2.24, 2.45) is 0 Å². The molecule has 0 aromatic rings. The van der Waals surface area contributed by atoms with Crippen LogP contribution in [0.2, 0.25) is 0 Å². The van der Waals surface area contributed by atoms with Gasteiger partial charge in [0.15, 0.2) is 6.29 Å². The van der Waals surface area contributed by atoms with Crippen molar-refractivity contribution >= 4 is 16.3 Å². The molecule has 1 aliphatic heterocycles. The van der Waals surface area contributed by atoms with Gasteiger partial charge in [-0.1, -0.05) is 231 Å². The van der Waals surface area contributed by atoms with Crippen molar-refractivity contribution in [1.29, 1.82) is 0 Å². The van der Waals surface area contributed by atoms with Gasteiger partial charge in [-0.05, 0) is 32.1 Å². The molecule has 0 aromatic carbocycles. The van der Waals surface area contributed by atoms with E-state index in [2.05, 4.69) is 35.5 Å². The summed E-state index contributed by atoms with van der Waals surface area (Å²) in [6, 6.07) is -1.13. The van der Waals surface area contributed by atoms with Gasteiger partial charge in [-0.15, -0.1) is 0 Å². The van der Waals surface area contributed by atoms with Crippen LogP contribution in [0.4, 0.5) is 0 Å². The van der Waals surface area contributed by atoms with Crippen LogP contribution in [0.3, 0.4) is 0 Å². The summed E-state index contributed by atoms with van der Waals surface area (Å²) >= 11 is 0. The highest BCUT2D eigenvalue weighted by Crippen LogP contribution is 2.26. The monoisotopic (exact) mass is 962 g/mol. The fourth-order valence-corrected chi connectivity index (χ4v) is 9.10. The number of nitrogens with one attached hydrogen (secondary N) is 1. The number of carbonyl (C=O) groups is 1. The molecule has 8 unspecified atom stereocenters. The number of allylic oxidation sites excluding steroid dienone is 3. The highest BCUT2D eigenvalue weighted by atomic mass is 32.3. The summed E-state index contributed by atoms with van der Waals surface area (Å²) in [6.45, 7) is 3.23. The van der Waals surface area contributed by atoms with Crippen molar-refractivity contribution in [2.75, 3.05) is 13.2 Å². The first-order valence-electron chi connectivity index (χ1n) is 26.8. The molecule has 390 valence electrons. The van der Waals surface area contributed by atoms with Crippen LogP contribution in [-0.2, 0) is 28.9 Å². The molecule has 8 atom stereocenters. The number of ether oxygens (including phenoxy) is 2. The first-order valence-corrected chi connectivity index (χ1v) is 28.2. The Morgan fingerprint density at radius 3 is 1.45 bits per heavy atom. The SMILES string of the molecule is CCCCCCCCCCC/C=C/CC/C=C/C(O)C(COC1OC(CO)C(O)C(OS(=O)(=O)O)C1O)NC(=O)C(O)CCCCCCCCCCCCCCCCCCCCCCCC. The summed E-state index contributed by atoms with van der Waals surface area (Å²) in [6.07, 6.45) is 38.3. The molecule has 0 saturated carbocycles. The molecule has 14 heteroatoms. The van der Waals surface area contributed by atoms with Crippen molar-refractivity contribution < 1.29 is 57.0 Å². The number of rotatable bonds is 46. The van der Waals surface area contributed by atoms with Gasteiger partial charge in [0.25, 0.3) is 0 Å². The van der Waals surface area contributed by atoms with E-state index < -0.39 is 78.5 Å². The van der Waals surface area contributed by atoms with Gasteiger partial charge in [0, 0.05) is 0 Å². The van der Waals surface area contributed by atoms with Crippen molar-refractivity contribution in [1.82, 2.24) is 5.32 Å². The molecule has 1 rings (SSSR count). The van der Waals surface area contributed by atoms with E-state index in [1.54, 1.807) is 6.08 Å². The second-order valence-corrected chi connectivity index (χ2v) is 20.0. The van der Waals surface area contributed by atoms with Crippen molar-refractivity contribution in [3.05, 3.63) is 24.3 Å². The summed E-state index contributed by atoms with van der Waals surface area (Å²) in [5, 5.41) is 55.4. The Kier molecular flexibility index (Phi) is 40.2. The van der Waals surface area contributed by atoms with E-state index >= 15 is 0 Å². The van der Waals surface area contributed by atoms with Crippen LogP contribution < -0.4 is 5.32 Å². The number of aliphatic hydroxyl groups is 5. The maximum absolute atomic E-state index is 13.2. The molecule has 7 N–H and O–H groups in total. The van der Waals surface area contributed by atoms with Gasteiger partial charge < -0.3 is 40.3 Å². The zero-order chi connectivity index (χ0) is 48.5. The second-order valence-electron chi connectivity index (χ2n) is 19.0. The van der Waals surface area contributed by atoms with Gasteiger partial charge in [-0.25, -0.2) is 4.18 Å². The molecule has 13 nitrogen and oxygen atoms in total. The van der Waals surface area contributed by atoms with E-state index in [0.29, 0.717) is 12.8 Å². The molecular formula is C52H99NO12S. The third-order valence-corrected chi connectivity index (χ3v) is 13.3. The number of aliphatic hydroxyl groups excluding tert-OH is 5. The number of hydrogen-bond acceptors (Lipinski definition) is 11. The maximum Gasteiger partial charge on any atom is 0.397 e. The molecule has 1 heterocycles. The van der Waals surface area contributed by atoms with Gasteiger partial charge >= 0.3 is 10.4 Å². The topological polar surface area (TPSA) is 212 Å². The number of unbranched alkanes of at least 4 members (excludes halogenated alkanes) is 31. The first-order chi connectivity index (χ1) is 31.9. The van der Waals surface area contributed by atoms with E-state index in [9.17, 15) is 43.3 Å². The molecular weight excluding hydrogens is 863 g/mol. The molecule has 1 saturated heterocycles. The number of hydrogen-bond donors (Lipinski definition) is 7. The summed E-state index contributed by atoms with van der Waals surface area (Å²) in [5.74, 6) is -0.708. The van der Waals surface area contributed by atoms with Crippen LogP contribution in [0.15, 0.2) is 24.3 Å². The van der Waals surface area contributed by atoms with Crippen LogP contribution in [0.1, 0.15) is 239 Å². The van der Waals surface area contributed by atoms with Crippen molar-refractivity contribution in [3.8, 4) is 0 Å². The zero-order valence-corrected chi connectivity index (χ0v) is 42.4. The van der Waals surface area contributed by atoms with Crippen LogP contribution in [0, 0.1) is 0 Å². The first kappa shape index (κ1) is 62.6. The molecule has 0 radical (unpaired) electrons. The van der Waals surface area contributed by atoms with E-state index in [1.807, 2.05) is 0 Å². The van der Waals surface area contributed by atoms with Crippen LogP contribution >= 0.6 is 0 Å². The molecule has 66 heavy (non-hydrogen) atoms. The molecule has 1 amide bonds. The van der Waals surface area contributed by atoms with Crippen molar-refractivity contribution in [2.45, 2.75) is 288 Å². The average Bonchev–Trinajstić information content (AvgIpc) is 3.29. The van der Waals surface area contributed by atoms with E-state index in [0.717, 1.165) is 38.5 Å². The minimum absolute atomic E-state index is 0.241. The van der Waals surface area contributed by atoms with Crippen molar-refractivity contribution in [3.63, 3.8) is 0 Å². The van der Waals surface area contributed by atoms with E-state index in [1.165, 1.54) is 173 Å². The standard InChI is InChI=1S/C52H99NO12S/c1-3-5-7-9-11-13-15-17-19-20-21-22-23-24-25-27-29-31-33-35-37-39-41-46(56)51(59)53-44(43-63-52-49(58)50(65-66(60,61)62)48(57)47(42-54)64-52)45(55)40-38-36-34-32-30-28-26-18-16-14-12-10-8-6-4-2/h30,32,38,40,44-50,52,54-58H,3-29,31,33-37,39,41-43H2,1-2H3,(H,53,59)(H,60,61,62)/b32-30+,40-38+. The highest BCUT2D eigenvalue weighted by Gasteiger charge is 2.48. The van der Waals surface area contributed by atoms with Gasteiger partial charge in [0.2, 0.25) is 5.91 Å². The minimum atomic E-state index is -5.12. The summed E-state index contributed by atoms with van der Waals surface area (Å²) in [5.41, 5.74) is 0. The largest absolute Gasteiger partial charge is 0.397 e. The fourth-order valence-electron chi connectivity index (χ4n) is 8.60. The Labute approximate surface area is 402 Å². The lowest BCUT2D eigenvalue weighted by Crippen LogP contribution is -2.61. The molecule has 0 spiro atoms. The Hall–Kier alpha value is -1.46.